The van der Waals surface area contributed by atoms with Crippen molar-refractivity contribution in [2.75, 3.05) is 0 Å². The molecule has 0 heterocycles. The Hall–Kier alpha value is -0.430. The summed E-state index contributed by atoms with van der Waals surface area (Å²) in [5.41, 5.74) is -0.338. The van der Waals surface area contributed by atoms with E-state index in [9.17, 15) is 9.59 Å². The second-order valence-electron chi connectivity index (χ2n) is 10.4. The molecule has 0 aliphatic heterocycles. The molecule has 0 saturated heterocycles. The lowest BCUT2D eigenvalue weighted by molar-refractivity contribution is -0.152. The van der Waals surface area contributed by atoms with Crippen LogP contribution in [0.1, 0.15) is 61.0 Å². The first kappa shape index (κ1) is 23.2. The average molecular weight is 452 g/mol. The van der Waals surface area contributed by atoms with Crippen LogP contribution in [0.2, 0.25) is 0 Å². The van der Waals surface area contributed by atoms with Crippen LogP contribution >= 0.6 is 33.5 Å². The van der Waals surface area contributed by atoms with E-state index in [0.29, 0.717) is 11.6 Å². The molecule has 0 atom stereocenters. The van der Waals surface area contributed by atoms with Gasteiger partial charge in [0.2, 0.25) is 0 Å². The molecule has 1 N–H and O–H groups in total. The number of nitrogens with one attached hydrogen (secondary N) is 1. The Morgan fingerprint density at radius 2 is 1.34 bits per heavy atom. The van der Waals surface area contributed by atoms with Crippen molar-refractivity contribution in [3.8, 4) is 0 Å². The molecule has 1 aromatic rings. The third-order valence-corrected chi connectivity index (χ3v) is 13.6. The normalized spacial score (nSPS) is 25.9. The van der Waals surface area contributed by atoms with Gasteiger partial charge in [0.15, 0.2) is 0 Å². The lowest BCUT2D eigenvalue weighted by Crippen LogP contribution is -2.71. The second kappa shape index (κ2) is 7.32. The largest absolute Gasteiger partial charge is 0.298 e. The number of Topliss-reactive ketones (excluding diaryl/α,β-unsaturated/α-hetero) is 2. The van der Waals surface area contributed by atoms with Gasteiger partial charge in [0, 0.05) is 22.6 Å². The van der Waals surface area contributed by atoms with E-state index in [2.05, 4.69) is 72.2 Å². The molecule has 160 valence electrons. The zero-order valence-electron chi connectivity index (χ0n) is 18.7. The van der Waals surface area contributed by atoms with E-state index in [1.165, 1.54) is 5.56 Å². The molecular weight excluding hydrogens is 418 g/mol. The van der Waals surface area contributed by atoms with Gasteiger partial charge in [-0.15, -0.1) is 0 Å². The summed E-state index contributed by atoms with van der Waals surface area (Å²) >= 11 is 1.69. The van der Waals surface area contributed by atoms with E-state index in [4.69, 9.17) is 0 Å². The van der Waals surface area contributed by atoms with Crippen LogP contribution < -0.4 is 4.72 Å². The summed E-state index contributed by atoms with van der Waals surface area (Å²) in [7, 11) is 3.60. The van der Waals surface area contributed by atoms with Gasteiger partial charge in [-0.2, -0.15) is 0 Å². The highest BCUT2D eigenvalue weighted by Gasteiger charge is 2.74. The molecule has 29 heavy (non-hydrogen) atoms. The van der Waals surface area contributed by atoms with E-state index in [1.807, 2.05) is 18.2 Å². The fourth-order valence-corrected chi connectivity index (χ4v) is 12.4. The van der Waals surface area contributed by atoms with Crippen molar-refractivity contribution >= 4 is 45.1 Å². The number of carbonyl (C=O) groups is 2. The van der Waals surface area contributed by atoms with Crippen LogP contribution in [0.25, 0.3) is 0 Å². The van der Waals surface area contributed by atoms with E-state index in [-0.39, 0.29) is 20.2 Å². The van der Waals surface area contributed by atoms with E-state index >= 15 is 0 Å². The highest BCUT2D eigenvalue weighted by atomic mass is 33.1. The maximum absolute atomic E-state index is 13.0. The fraction of sp³-hybridized carbons (Fsp3) is 0.652. The van der Waals surface area contributed by atoms with Crippen molar-refractivity contribution in [1.29, 1.82) is 0 Å². The highest BCUT2D eigenvalue weighted by Crippen LogP contribution is 2.74. The SMILES string of the molecule is CC1(C)C(=O)C(C)(C)C1SSC1(SNCc2ccccc2)C(C)(C)C(=O)C1(C)C. The predicted octanol–water partition coefficient (Wildman–Crippen LogP) is 6.14. The first-order chi connectivity index (χ1) is 13.2. The summed E-state index contributed by atoms with van der Waals surface area (Å²) < 4.78 is 3.23. The molecule has 2 aliphatic carbocycles. The number of hydrogen-bond acceptors (Lipinski definition) is 6. The maximum Gasteiger partial charge on any atom is 0.148 e. The number of carbonyl (C=O) groups excluding carboxylic acids is 2. The van der Waals surface area contributed by atoms with Crippen molar-refractivity contribution in [2.24, 2.45) is 21.7 Å². The lowest BCUT2D eigenvalue weighted by Gasteiger charge is -2.64. The van der Waals surface area contributed by atoms with E-state index in [1.54, 1.807) is 33.5 Å². The molecule has 2 aliphatic rings. The molecule has 2 fully saturated rings. The Balaban J connectivity index is 1.79. The quantitative estimate of drug-likeness (QED) is 0.305. The standard InChI is InChI=1S/C23H33NO2S3/c1-19(2)16(25)20(3,4)18(19)27-29-23(21(5,6)17(26)22(23,7)8)28-24-14-15-12-10-9-11-13-15/h9-13,18,24H,14H2,1-8H3. The summed E-state index contributed by atoms with van der Waals surface area (Å²) in [6.45, 7) is 17.2. The Morgan fingerprint density at radius 1 is 0.828 bits per heavy atom. The van der Waals surface area contributed by atoms with E-state index in [0.717, 1.165) is 6.54 Å². The van der Waals surface area contributed by atoms with Crippen molar-refractivity contribution in [1.82, 2.24) is 4.72 Å². The molecule has 0 aromatic heterocycles. The molecule has 1 aromatic carbocycles. The summed E-state index contributed by atoms with van der Waals surface area (Å²) in [4.78, 5) is 25.5. The van der Waals surface area contributed by atoms with Crippen molar-refractivity contribution in [2.45, 2.75) is 71.3 Å². The van der Waals surface area contributed by atoms with Gasteiger partial charge in [0.25, 0.3) is 0 Å². The molecule has 3 rings (SSSR count). The smallest absolute Gasteiger partial charge is 0.148 e. The van der Waals surface area contributed by atoms with Crippen LogP contribution in [0.5, 0.6) is 0 Å². The Labute approximate surface area is 187 Å². The maximum atomic E-state index is 13.0. The molecule has 0 spiro atoms. The van der Waals surface area contributed by atoms with Gasteiger partial charge < -0.3 is 0 Å². The molecule has 2 saturated carbocycles. The lowest BCUT2D eigenvalue weighted by atomic mass is 9.54. The molecule has 6 heteroatoms. The van der Waals surface area contributed by atoms with Gasteiger partial charge >= 0.3 is 0 Å². The van der Waals surface area contributed by atoms with Gasteiger partial charge in [0.05, 0.1) is 10.8 Å². The summed E-state index contributed by atoms with van der Waals surface area (Å²) in [6, 6.07) is 10.3. The van der Waals surface area contributed by atoms with Gasteiger partial charge in [-0.1, -0.05) is 119 Å². The fourth-order valence-electron chi connectivity index (χ4n) is 5.35. The monoisotopic (exact) mass is 451 g/mol. The number of ketones is 2. The number of hydrogen-bond donors (Lipinski definition) is 1. The second-order valence-corrected chi connectivity index (χ2v) is 14.3. The minimum Gasteiger partial charge on any atom is -0.298 e. The molecule has 0 unspecified atom stereocenters. The molecule has 0 radical (unpaired) electrons. The van der Waals surface area contributed by atoms with Gasteiger partial charge in [-0.05, 0) is 5.56 Å². The minimum absolute atomic E-state index is 0.224. The van der Waals surface area contributed by atoms with Gasteiger partial charge in [-0.3, -0.25) is 14.3 Å². The molecule has 3 nitrogen and oxygen atoms in total. The predicted molar refractivity (Wildman–Crippen MR) is 128 cm³/mol. The number of rotatable bonds is 7. The van der Waals surface area contributed by atoms with Crippen molar-refractivity contribution in [3.05, 3.63) is 35.9 Å². The van der Waals surface area contributed by atoms with Crippen LogP contribution in [0.15, 0.2) is 30.3 Å². The van der Waals surface area contributed by atoms with Crippen molar-refractivity contribution in [3.63, 3.8) is 0 Å². The zero-order chi connectivity index (χ0) is 21.9. The third-order valence-electron chi connectivity index (χ3n) is 6.86. The molecule has 0 amide bonds. The summed E-state index contributed by atoms with van der Waals surface area (Å²) in [5.74, 6) is 0.630. The van der Waals surface area contributed by atoms with Crippen LogP contribution in [0.4, 0.5) is 0 Å². The average Bonchev–Trinajstić information content (AvgIpc) is 2.65. The van der Waals surface area contributed by atoms with Crippen molar-refractivity contribution < 1.29 is 9.59 Å². The summed E-state index contributed by atoms with van der Waals surface area (Å²) in [6.07, 6.45) is 0. The van der Waals surface area contributed by atoms with Crippen LogP contribution in [-0.4, -0.2) is 20.9 Å². The first-order valence-electron chi connectivity index (χ1n) is 10.1. The Kier molecular flexibility index (Phi) is 5.86. The van der Waals surface area contributed by atoms with Crippen LogP contribution in [0.3, 0.4) is 0 Å². The first-order valence-corrected chi connectivity index (χ1v) is 13.1. The zero-order valence-corrected chi connectivity index (χ0v) is 21.2. The molecular formula is C23H33NO2S3. The van der Waals surface area contributed by atoms with Crippen LogP contribution in [0, 0.1) is 21.7 Å². The topological polar surface area (TPSA) is 46.2 Å². The Morgan fingerprint density at radius 3 is 1.86 bits per heavy atom. The van der Waals surface area contributed by atoms with E-state index < -0.39 is 10.8 Å². The number of benzene rings is 1. The highest BCUT2D eigenvalue weighted by molar-refractivity contribution is 8.79. The van der Waals surface area contributed by atoms with Gasteiger partial charge in [0.1, 0.15) is 15.6 Å². The third kappa shape index (κ3) is 3.24. The Bertz CT molecular complexity index is 779. The minimum atomic E-state index is -0.454. The summed E-state index contributed by atoms with van der Waals surface area (Å²) in [5, 5.41) is 0.224. The van der Waals surface area contributed by atoms with Crippen LogP contribution in [-0.2, 0) is 16.1 Å². The van der Waals surface area contributed by atoms with Gasteiger partial charge in [-0.25, -0.2) is 0 Å². The molecule has 0 bridgehead atoms.